The molecule has 2 aromatic carbocycles. The molecule has 1 heterocycles. The van der Waals surface area contributed by atoms with Crippen molar-refractivity contribution < 1.29 is 22.7 Å². The molecule has 1 N–H and O–H groups in total. The maximum absolute atomic E-state index is 12.2. The third kappa shape index (κ3) is 4.45. The molecule has 1 aliphatic heterocycles. The van der Waals surface area contributed by atoms with Crippen molar-refractivity contribution in [1.29, 1.82) is 0 Å². The Hall–Kier alpha value is -3.00. The molecule has 28 heavy (non-hydrogen) atoms. The largest absolute Gasteiger partial charge is 0.497 e. The highest BCUT2D eigenvalue weighted by molar-refractivity contribution is 7.93. The molecular formula is C20H22N2O5S. The molecule has 0 saturated carbocycles. The first-order chi connectivity index (χ1) is 13.4. The fourth-order valence-corrected chi connectivity index (χ4v) is 4.49. The molecule has 1 saturated heterocycles. The van der Waals surface area contributed by atoms with Gasteiger partial charge in [0.25, 0.3) is 0 Å². The molecule has 0 unspecified atom stereocenters. The summed E-state index contributed by atoms with van der Waals surface area (Å²) in [6.45, 7) is 0.504. The minimum Gasteiger partial charge on any atom is -0.497 e. The Morgan fingerprint density at radius 2 is 1.86 bits per heavy atom. The second kappa shape index (κ2) is 8.35. The molecule has 148 valence electrons. The monoisotopic (exact) mass is 402 g/mol. The Balaban J connectivity index is 1.66. The number of hydrogen-bond donors (Lipinski definition) is 1. The summed E-state index contributed by atoms with van der Waals surface area (Å²) in [7, 11) is -0.123. The summed E-state index contributed by atoms with van der Waals surface area (Å²) in [6, 6.07) is 12.2. The smallest absolute Gasteiger partial charge is 0.248 e. The van der Waals surface area contributed by atoms with Gasteiger partial charge in [-0.2, -0.15) is 0 Å². The summed E-state index contributed by atoms with van der Waals surface area (Å²) in [4.78, 5) is 12.2. The van der Waals surface area contributed by atoms with Crippen molar-refractivity contribution in [3.05, 3.63) is 54.1 Å². The fraction of sp³-hybridized carbons (Fsp3) is 0.250. The maximum atomic E-state index is 12.2. The van der Waals surface area contributed by atoms with Crippen LogP contribution >= 0.6 is 0 Å². The van der Waals surface area contributed by atoms with Crippen molar-refractivity contribution in [2.45, 2.75) is 6.42 Å². The van der Waals surface area contributed by atoms with Gasteiger partial charge in [-0.25, -0.2) is 8.42 Å². The van der Waals surface area contributed by atoms with Gasteiger partial charge in [0.15, 0.2) is 0 Å². The lowest BCUT2D eigenvalue weighted by Gasteiger charge is -2.16. The van der Waals surface area contributed by atoms with Crippen molar-refractivity contribution in [3.8, 4) is 11.5 Å². The highest BCUT2D eigenvalue weighted by Gasteiger charge is 2.28. The normalized spacial score (nSPS) is 15.6. The zero-order chi connectivity index (χ0) is 20.1. The number of methoxy groups -OCH3 is 2. The average Bonchev–Trinajstić information content (AvgIpc) is 3.06. The number of amides is 1. The first-order valence-electron chi connectivity index (χ1n) is 8.74. The first kappa shape index (κ1) is 19.8. The summed E-state index contributed by atoms with van der Waals surface area (Å²) >= 11 is 0. The Morgan fingerprint density at radius 3 is 2.46 bits per heavy atom. The second-order valence-corrected chi connectivity index (χ2v) is 8.23. The van der Waals surface area contributed by atoms with Gasteiger partial charge >= 0.3 is 0 Å². The van der Waals surface area contributed by atoms with Gasteiger partial charge in [-0.05, 0) is 42.3 Å². The van der Waals surface area contributed by atoms with Gasteiger partial charge in [0.05, 0.1) is 31.3 Å². The number of anilines is 2. The van der Waals surface area contributed by atoms with E-state index < -0.39 is 10.0 Å². The number of ether oxygens (including phenoxy) is 2. The van der Waals surface area contributed by atoms with E-state index in [4.69, 9.17) is 9.47 Å². The molecule has 0 spiro atoms. The van der Waals surface area contributed by atoms with E-state index in [9.17, 15) is 13.2 Å². The van der Waals surface area contributed by atoms with E-state index in [1.165, 1.54) is 17.5 Å². The predicted molar refractivity (Wildman–Crippen MR) is 109 cm³/mol. The zero-order valence-electron chi connectivity index (χ0n) is 15.7. The molecule has 8 heteroatoms. The first-order valence-corrected chi connectivity index (χ1v) is 10.4. The average molecular weight is 402 g/mol. The summed E-state index contributed by atoms with van der Waals surface area (Å²) in [6.07, 6.45) is 3.71. The molecule has 0 aromatic heterocycles. The van der Waals surface area contributed by atoms with E-state index >= 15 is 0 Å². The van der Waals surface area contributed by atoms with Crippen LogP contribution in [0.4, 0.5) is 11.4 Å². The molecule has 1 fully saturated rings. The van der Waals surface area contributed by atoms with Gasteiger partial charge in [0, 0.05) is 18.7 Å². The van der Waals surface area contributed by atoms with Crippen LogP contribution in [0.15, 0.2) is 48.5 Å². The van der Waals surface area contributed by atoms with Crippen LogP contribution in [0.5, 0.6) is 11.5 Å². The molecule has 0 aliphatic carbocycles. The number of hydrogen-bond acceptors (Lipinski definition) is 5. The van der Waals surface area contributed by atoms with Crippen molar-refractivity contribution in [2.24, 2.45) is 0 Å². The van der Waals surface area contributed by atoms with Gasteiger partial charge in [0.2, 0.25) is 15.9 Å². The van der Waals surface area contributed by atoms with Crippen LogP contribution in [-0.4, -0.2) is 40.8 Å². The molecule has 3 rings (SSSR count). The Bertz CT molecular complexity index is 984. The molecule has 1 aliphatic rings. The summed E-state index contributed by atoms with van der Waals surface area (Å²) in [5.74, 6) is 1.00. The summed E-state index contributed by atoms with van der Waals surface area (Å²) in [5, 5.41) is 2.76. The quantitative estimate of drug-likeness (QED) is 0.751. The molecule has 2 aromatic rings. The lowest BCUT2D eigenvalue weighted by molar-refractivity contribution is -0.111. The van der Waals surface area contributed by atoms with Crippen LogP contribution in [0, 0.1) is 0 Å². The predicted octanol–water partition coefficient (Wildman–Crippen LogP) is 2.90. The van der Waals surface area contributed by atoms with E-state index in [1.807, 2.05) is 0 Å². The van der Waals surface area contributed by atoms with E-state index in [1.54, 1.807) is 55.7 Å². The number of sulfonamides is 1. The van der Waals surface area contributed by atoms with Crippen molar-refractivity contribution in [2.75, 3.05) is 36.1 Å². The van der Waals surface area contributed by atoms with Gasteiger partial charge in [0.1, 0.15) is 11.5 Å². The lowest BCUT2D eigenvalue weighted by atomic mass is 10.2. The van der Waals surface area contributed by atoms with Crippen molar-refractivity contribution in [1.82, 2.24) is 0 Å². The van der Waals surface area contributed by atoms with Gasteiger partial charge < -0.3 is 14.8 Å². The topological polar surface area (TPSA) is 84.9 Å². The Morgan fingerprint density at radius 1 is 1.11 bits per heavy atom. The van der Waals surface area contributed by atoms with Crippen LogP contribution in [0.25, 0.3) is 6.08 Å². The summed E-state index contributed by atoms with van der Waals surface area (Å²) in [5.41, 5.74) is 1.96. The van der Waals surface area contributed by atoms with Crippen LogP contribution < -0.4 is 19.1 Å². The third-order valence-corrected chi connectivity index (χ3v) is 6.24. The van der Waals surface area contributed by atoms with E-state index in [-0.39, 0.29) is 11.7 Å². The Labute approximate surface area is 164 Å². The molecule has 0 atom stereocenters. The third-order valence-electron chi connectivity index (χ3n) is 4.37. The maximum Gasteiger partial charge on any atom is 0.248 e. The highest BCUT2D eigenvalue weighted by Crippen LogP contribution is 2.29. The Kier molecular flexibility index (Phi) is 5.89. The molecule has 0 bridgehead atoms. The molecular weight excluding hydrogens is 380 g/mol. The van der Waals surface area contributed by atoms with Crippen LogP contribution in [0.3, 0.4) is 0 Å². The van der Waals surface area contributed by atoms with Gasteiger partial charge in [-0.3, -0.25) is 9.10 Å². The second-order valence-electron chi connectivity index (χ2n) is 6.22. The molecule has 7 nitrogen and oxygen atoms in total. The fourth-order valence-electron chi connectivity index (χ4n) is 2.93. The number of carbonyl (C=O) groups excluding carboxylic acids is 1. The van der Waals surface area contributed by atoms with Crippen LogP contribution in [0.2, 0.25) is 0 Å². The van der Waals surface area contributed by atoms with Gasteiger partial charge in [-0.15, -0.1) is 0 Å². The lowest BCUT2D eigenvalue weighted by Crippen LogP contribution is -2.24. The van der Waals surface area contributed by atoms with E-state index in [0.29, 0.717) is 35.8 Å². The number of nitrogens with zero attached hydrogens (tertiary/aromatic N) is 1. The number of rotatable bonds is 6. The SMILES string of the molecule is COc1ccc(NC(=O)/C=C/c2ccc(N3CCCS3(=O)=O)cc2)c(OC)c1. The van der Waals surface area contributed by atoms with Crippen molar-refractivity contribution >= 4 is 33.4 Å². The van der Waals surface area contributed by atoms with Crippen LogP contribution in [-0.2, 0) is 14.8 Å². The number of nitrogens with one attached hydrogen (secondary N) is 1. The van der Waals surface area contributed by atoms with Crippen molar-refractivity contribution in [3.63, 3.8) is 0 Å². The van der Waals surface area contributed by atoms with E-state index in [2.05, 4.69) is 5.32 Å². The van der Waals surface area contributed by atoms with Gasteiger partial charge in [-0.1, -0.05) is 12.1 Å². The molecule has 0 radical (unpaired) electrons. The zero-order valence-corrected chi connectivity index (χ0v) is 16.5. The number of benzene rings is 2. The highest BCUT2D eigenvalue weighted by atomic mass is 32.2. The number of carbonyl (C=O) groups is 1. The standard InChI is InChI=1S/C20H22N2O5S/c1-26-17-9-10-18(19(14-17)27-2)21-20(23)11-6-15-4-7-16(8-5-15)22-12-3-13-28(22,24)25/h4-11,14H,3,12-13H2,1-2H3,(H,21,23)/b11-6+. The minimum atomic E-state index is -3.19. The molecule has 1 amide bonds. The van der Waals surface area contributed by atoms with Crippen LogP contribution in [0.1, 0.15) is 12.0 Å². The van der Waals surface area contributed by atoms with E-state index in [0.717, 1.165) is 5.56 Å². The minimum absolute atomic E-state index is 0.184. The summed E-state index contributed by atoms with van der Waals surface area (Å²) < 4.78 is 35.7.